The van der Waals surface area contributed by atoms with Crippen LogP contribution in [0.15, 0.2) is 48.5 Å². The van der Waals surface area contributed by atoms with Crippen molar-refractivity contribution >= 4 is 11.8 Å². The molecule has 2 aromatic carbocycles. The van der Waals surface area contributed by atoms with Gasteiger partial charge in [0, 0.05) is 25.4 Å². The van der Waals surface area contributed by atoms with Crippen LogP contribution < -0.4 is 0 Å². The van der Waals surface area contributed by atoms with Crippen LogP contribution in [-0.4, -0.2) is 43.5 Å². The summed E-state index contributed by atoms with van der Waals surface area (Å²) in [6.45, 7) is 5.10. The van der Waals surface area contributed by atoms with Crippen molar-refractivity contribution in [1.82, 2.24) is 4.90 Å². The second-order valence-corrected chi connectivity index (χ2v) is 7.09. The molecule has 0 saturated carbocycles. The van der Waals surface area contributed by atoms with Crippen LogP contribution in [0, 0.1) is 0 Å². The van der Waals surface area contributed by atoms with E-state index in [4.69, 9.17) is 4.74 Å². The van der Waals surface area contributed by atoms with Crippen LogP contribution in [0.1, 0.15) is 16.4 Å². The zero-order chi connectivity index (χ0) is 14.8. The minimum absolute atomic E-state index is 0.494. The van der Waals surface area contributed by atoms with Gasteiger partial charge in [0.25, 0.3) is 0 Å². The molecule has 1 heterocycles. The van der Waals surface area contributed by atoms with Gasteiger partial charge in [-0.05, 0) is 22.3 Å². The maximum Gasteiger partial charge on any atom is 0.0594 e. The molecule has 0 spiro atoms. The number of rotatable bonds is 4. The van der Waals surface area contributed by atoms with Crippen LogP contribution in [0.5, 0.6) is 0 Å². The van der Waals surface area contributed by atoms with Gasteiger partial charge in [0.15, 0.2) is 0 Å². The average molecular weight is 311 g/mol. The molecule has 0 aromatic heterocycles. The quantitative estimate of drug-likeness (QED) is 0.851. The number of hydrogen-bond donors (Lipinski definition) is 0. The molecule has 2 nitrogen and oxygen atoms in total. The molecule has 2 aromatic rings. The van der Waals surface area contributed by atoms with Crippen molar-refractivity contribution < 1.29 is 4.74 Å². The number of hydrogen-bond acceptors (Lipinski definition) is 3. The fourth-order valence-corrected chi connectivity index (χ4v) is 4.78. The SMILES string of the molecule is c1ccc2c(c1)-c1ccccc1C2SCCN1CCOCC1. The topological polar surface area (TPSA) is 12.5 Å². The molecule has 0 amide bonds. The van der Waals surface area contributed by atoms with Gasteiger partial charge >= 0.3 is 0 Å². The van der Waals surface area contributed by atoms with Gasteiger partial charge in [-0.25, -0.2) is 0 Å². The third kappa shape index (κ3) is 2.69. The lowest BCUT2D eigenvalue weighted by atomic mass is 10.1. The van der Waals surface area contributed by atoms with Crippen molar-refractivity contribution in [3.8, 4) is 11.1 Å². The summed E-state index contributed by atoms with van der Waals surface area (Å²) in [6, 6.07) is 17.7. The van der Waals surface area contributed by atoms with Crippen molar-refractivity contribution in [3.63, 3.8) is 0 Å². The average Bonchev–Trinajstić information content (AvgIpc) is 2.91. The second kappa shape index (κ2) is 6.45. The van der Waals surface area contributed by atoms with Gasteiger partial charge in [0.2, 0.25) is 0 Å². The van der Waals surface area contributed by atoms with Crippen LogP contribution in [0.25, 0.3) is 11.1 Å². The summed E-state index contributed by atoms with van der Waals surface area (Å²) in [4.78, 5) is 2.52. The largest absolute Gasteiger partial charge is 0.379 e. The van der Waals surface area contributed by atoms with Gasteiger partial charge in [-0.3, -0.25) is 4.90 Å². The number of benzene rings is 2. The number of nitrogens with zero attached hydrogens (tertiary/aromatic N) is 1. The third-order valence-corrected chi connectivity index (χ3v) is 5.83. The highest BCUT2D eigenvalue weighted by atomic mass is 32.2. The molecule has 1 aliphatic carbocycles. The minimum atomic E-state index is 0.494. The Morgan fingerprint density at radius 2 is 1.50 bits per heavy atom. The van der Waals surface area contributed by atoms with Crippen LogP contribution in [-0.2, 0) is 4.74 Å². The van der Waals surface area contributed by atoms with Crippen molar-refractivity contribution in [2.75, 3.05) is 38.6 Å². The van der Waals surface area contributed by atoms with Crippen molar-refractivity contribution in [1.29, 1.82) is 0 Å². The number of morpholine rings is 1. The molecular formula is C19H21NOS. The molecule has 0 radical (unpaired) electrons. The maximum atomic E-state index is 5.42. The Labute approximate surface area is 136 Å². The van der Waals surface area contributed by atoms with E-state index < -0.39 is 0 Å². The lowest BCUT2D eigenvalue weighted by Gasteiger charge is -2.26. The second-order valence-electron chi connectivity index (χ2n) is 5.88. The van der Waals surface area contributed by atoms with Crippen LogP contribution >= 0.6 is 11.8 Å². The van der Waals surface area contributed by atoms with E-state index in [0.29, 0.717) is 5.25 Å². The third-order valence-electron chi connectivity index (χ3n) is 4.57. The lowest BCUT2D eigenvalue weighted by molar-refractivity contribution is 0.0410. The fraction of sp³-hybridized carbons (Fsp3) is 0.368. The molecule has 1 aliphatic heterocycles. The van der Waals surface area contributed by atoms with Crippen LogP contribution in [0.4, 0.5) is 0 Å². The molecule has 3 heteroatoms. The molecule has 22 heavy (non-hydrogen) atoms. The zero-order valence-corrected chi connectivity index (χ0v) is 13.5. The van der Waals surface area contributed by atoms with Crippen molar-refractivity contribution in [2.45, 2.75) is 5.25 Å². The van der Waals surface area contributed by atoms with Crippen molar-refractivity contribution in [2.24, 2.45) is 0 Å². The zero-order valence-electron chi connectivity index (χ0n) is 12.7. The van der Waals surface area contributed by atoms with E-state index in [2.05, 4.69) is 65.2 Å². The van der Waals surface area contributed by atoms with Gasteiger partial charge < -0.3 is 4.74 Å². The molecule has 1 fully saturated rings. The Morgan fingerprint density at radius 1 is 0.909 bits per heavy atom. The van der Waals surface area contributed by atoms with Crippen molar-refractivity contribution in [3.05, 3.63) is 59.7 Å². The Hall–Kier alpha value is -1.29. The lowest BCUT2D eigenvalue weighted by Crippen LogP contribution is -2.37. The summed E-state index contributed by atoms with van der Waals surface area (Å²) < 4.78 is 5.42. The first-order valence-corrected chi connectivity index (χ1v) is 9.08. The number of ether oxygens (including phenoxy) is 1. The molecule has 2 aliphatic rings. The monoisotopic (exact) mass is 311 g/mol. The predicted octanol–water partition coefficient (Wildman–Crippen LogP) is 3.82. The summed E-state index contributed by atoms with van der Waals surface area (Å²) in [7, 11) is 0. The maximum absolute atomic E-state index is 5.42. The first kappa shape index (κ1) is 14.3. The van der Waals surface area contributed by atoms with Gasteiger partial charge in [0.05, 0.1) is 18.5 Å². The van der Waals surface area contributed by atoms with Gasteiger partial charge in [-0.2, -0.15) is 0 Å². The molecule has 1 saturated heterocycles. The number of thioether (sulfide) groups is 1. The minimum Gasteiger partial charge on any atom is -0.379 e. The Kier molecular flexibility index (Phi) is 4.20. The fourth-order valence-electron chi connectivity index (χ4n) is 3.41. The van der Waals surface area contributed by atoms with E-state index in [1.54, 1.807) is 0 Å². The Morgan fingerprint density at radius 3 is 2.14 bits per heavy atom. The van der Waals surface area contributed by atoms with Crippen LogP contribution in [0.2, 0.25) is 0 Å². The van der Waals surface area contributed by atoms with Gasteiger partial charge in [0.1, 0.15) is 0 Å². The molecule has 0 atom stereocenters. The molecule has 114 valence electrons. The Bertz CT molecular complexity index is 606. The summed E-state index contributed by atoms with van der Waals surface area (Å²) in [6.07, 6.45) is 0. The molecular weight excluding hydrogens is 290 g/mol. The highest BCUT2D eigenvalue weighted by Crippen LogP contribution is 2.49. The normalized spacial score (nSPS) is 18.2. The summed E-state index contributed by atoms with van der Waals surface area (Å²) in [5.41, 5.74) is 5.80. The highest BCUT2D eigenvalue weighted by molar-refractivity contribution is 7.99. The molecule has 0 bridgehead atoms. The predicted molar refractivity (Wildman–Crippen MR) is 93.4 cm³/mol. The van der Waals surface area contributed by atoms with E-state index in [1.807, 2.05) is 0 Å². The van der Waals surface area contributed by atoms with Gasteiger partial charge in [-0.15, -0.1) is 11.8 Å². The van der Waals surface area contributed by atoms with E-state index in [1.165, 1.54) is 28.0 Å². The van der Waals surface area contributed by atoms with E-state index in [9.17, 15) is 0 Å². The summed E-state index contributed by atoms with van der Waals surface area (Å²) >= 11 is 2.08. The molecule has 0 N–H and O–H groups in total. The van der Waals surface area contributed by atoms with Gasteiger partial charge in [-0.1, -0.05) is 48.5 Å². The highest BCUT2D eigenvalue weighted by Gasteiger charge is 2.28. The smallest absolute Gasteiger partial charge is 0.0594 e. The summed E-state index contributed by atoms with van der Waals surface area (Å²) in [5, 5.41) is 0.494. The van der Waals surface area contributed by atoms with E-state index in [-0.39, 0.29) is 0 Å². The molecule has 0 unspecified atom stereocenters. The molecule has 4 rings (SSSR count). The summed E-state index contributed by atoms with van der Waals surface area (Å²) in [5.74, 6) is 1.17. The van der Waals surface area contributed by atoms with E-state index in [0.717, 1.165) is 32.8 Å². The number of fused-ring (bicyclic) bond motifs is 3. The Balaban J connectivity index is 1.49. The van der Waals surface area contributed by atoms with Crippen LogP contribution in [0.3, 0.4) is 0 Å². The standard InChI is InChI=1S/C19H21NOS/c1-3-7-17-15(5-1)16-6-2-4-8-18(16)19(17)22-14-11-20-9-12-21-13-10-20/h1-8,19H,9-14H2. The first-order chi connectivity index (χ1) is 10.9. The van der Waals surface area contributed by atoms with E-state index >= 15 is 0 Å². The first-order valence-electron chi connectivity index (χ1n) is 8.03.